The van der Waals surface area contributed by atoms with Crippen LogP contribution in [-0.2, 0) is 11.3 Å². The molecule has 0 aliphatic carbocycles. The summed E-state index contributed by atoms with van der Waals surface area (Å²) in [5.41, 5.74) is 1.49. The summed E-state index contributed by atoms with van der Waals surface area (Å²) in [5.74, 6) is 0.244. The zero-order chi connectivity index (χ0) is 28.7. The number of aliphatic hydroxyl groups is 1. The van der Waals surface area contributed by atoms with E-state index in [1.54, 1.807) is 12.4 Å². The first kappa shape index (κ1) is 26.6. The van der Waals surface area contributed by atoms with Crippen LogP contribution in [0.25, 0.3) is 27.5 Å². The van der Waals surface area contributed by atoms with E-state index in [0.29, 0.717) is 37.0 Å². The van der Waals surface area contributed by atoms with E-state index in [0.717, 1.165) is 36.0 Å². The number of hydrogen-bond donors (Lipinski definition) is 2. The summed E-state index contributed by atoms with van der Waals surface area (Å²) in [5, 5.41) is 17.7. The van der Waals surface area contributed by atoms with Gasteiger partial charge in [-0.15, -0.1) is 0 Å². The van der Waals surface area contributed by atoms with Gasteiger partial charge in [0.25, 0.3) is 5.56 Å². The highest BCUT2D eigenvalue weighted by Crippen LogP contribution is 2.33. The zero-order valence-corrected chi connectivity index (χ0v) is 23.5. The van der Waals surface area contributed by atoms with Crippen LogP contribution in [0.4, 0.5) is 0 Å². The fourth-order valence-electron chi connectivity index (χ4n) is 6.84. The van der Waals surface area contributed by atoms with Gasteiger partial charge in [0, 0.05) is 43.1 Å². The lowest BCUT2D eigenvalue weighted by Crippen LogP contribution is -2.52. The Hall–Kier alpha value is -4.27. The molecule has 2 aliphatic rings. The van der Waals surface area contributed by atoms with Gasteiger partial charge in [-0.3, -0.25) is 14.2 Å². The molecule has 214 valence electrons. The Labute approximate surface area is 244 Å². The molecular formula is C34H35N5O3. The lowest BCUT2D eigenvalue weighted by Gasteiger charge is -2.41. The second-order valence-corrected chi connectivity index (χ2v) is 11.8. The molecule has 2 aromatic heterocycles. The summed E-state index contributed by atoms with van der Waals surface area (Å²) >= 11 is 0. The SMILES string of the molecule is O=C([C@@H]1CCNC[C@H]1c1ccccc1)N1CCC(O)(Cn2cnc3c(ccn3-c3cccc4ccccc34)c2=O)CC1. The van der Waals surface area contributed by atoms with Crippen LogP contribution in [0.1, 0.15) is 30.7 Å². The van der Waals surface area contributed by atoms with Crippen molar-refractivity contribution in [1.29, 1.82) is 0 Å². The van der Waals surface area contributed by atoms with Crippen molar-refractivity contribution in [3.8, 4) is 5.69 Å². The second kappa shape index (κ2) is 10.9. The van der Waals surface area contributed by atoms with Crippen LogP contribution >= 0.6 is 0 Å². The molecule has 0 spiro atoms. The van der Waals surface area contributed by atoms with Gasteiger partial charge in [0.1, 0.15) is 6.33 Å². The minimum absolute atomic E-state index is 0.0696. The molecule has 3 aromatic carbocycles. The summed E-state index contributed by atoms with van der Waals surface area (Å²) in [7, 11) is 0. The van der Waals surface area contributed by atoms with Crippen molar-refractivity contribution < 1.29 is 9.90 Å². The molecule has 2 aliphatic heterocycles. The number of nitrogens with zero attached hydrogens (tertiary/aromatic N) is 4. The number of benzene rings is 3. The van der Waals surface area contributed by atoms with Gasteiger partial charge < -0.3 is 19.9 Å². The maximum Gasteiger partial charge on any atom is 0.262 e. The maximum absolute atomic E-state index is 13.7. The zero-order valence-electron chi connectivity index (χ0n) is 23.5. The van der Waals surface area contributed by atoms with E-state index in [4.69, 9.17) is 0 Å². The molecule has 1 amide bonds. The number of fused-ring (bicyclic) bond motifs is 2. The largest absolute Gasteiger partial charge is 0.388 e. The van der Waals surface area contributed by atoms with Crippen LogP contribution in [-0.4, -0.2) is 61.8 Å². The number of carbonyl (C=O) groups is 1. The van der Waals surface area contributed by atoms with E-state index in [1.807, 2.05) is 58.1 Å². The van der Waals surface area contributed by atoms with E-state index in [9.17, 15) is 14.7 Å². The van der Waals surface area contributed by atoms with Gasteiger partial charge >= 0.3 is 0 Å². The Balaban J connectivity index is 1.07. The molecule has 2 atom stereocenters. The molecule has 8 nitrogen and oxygen atoms in total. The number of nitrogens with one attached hydrogen (secondary N) is 1. The predicted molar refractivity (Wildman–Crippen MR) is 164 cm³/mol. The second-order valence-electron chi connectivity index (χ2n) is 11.8. The van der Waals surface area contributed by atoms with Crippen molar-refractivity contribution >= 4 is 27.7 Å². The number of rotatable bonds is 5. The summed E-state index contributed by atoms with van der Waals surface area (Å²) < 4.78 is 3.47. The first-order valence-electron chi connectivity index (χ1n) is 14.8. The van der Waals surface area contributed by atoms with E-state index in [-0.39, 0.29) is 29.8 Å². The normalized spacial score (nSPS) is 20.6. The number of aromatic nitrogens is 3. The summed E-state index contributed by atoms with van der Waals surface area (Å²) in [6.45, 7) is 2.72. The Kier molecular flexibility index (Phi) is 6.88. The smallest absolute Gasteiger partial charge is 0.262 e. The Morgan fingerprint density at radius 3 is 2.55 bits per heavy atom. The number of amides is 1. The molecule has 2 saturated heterocycles. The molecule has 0 bridgehead atoms. The van der Waals surface area contributed by atoms with Crippen LogP contribution in [0.2, 0.25) is 0 Å². The molecule has 0 unspecified atom stereocenters. The van der Waals surface area contributed by atoms with E-state index in [2.05, 4.69) is 40.6 Å². The first-order valence-corrected chi connectivity index (χ1v) is 14.8. The third kappa shape index (κ3) is 4.80. The van der Waals surface area contributed by atoms with Crippen LogP contribution in [0, 0.1) is 5.92 Å². The van der Waals surface area contributed by atoms with Gasteiger partial charge in [-0.1, -0.05) is 66.7 Å². The van der Waals surface area contributed by atoms with E-state index < -0.39 is 5.60 Å². The summed E-state index contributed by atoms with van der Waals surface area (Å²) in [4.78, 5) is 33.8. The Morgan fingerprint density at radius 1 is 0.952 bits per heavy atom. The number of carbonyl (C=O) groups excluding carboxylic acids is 1. The molecule has 7 rings (SSSR count). The van der Waals surface area contributed by atoms with Gasteiger partial charge in [-0.05, 0) is 48.9 Å². The molecule has 5 aromatic rings. The van der Waals surface area contributed by atoms with E-state index in [1.165, 1.54) is 10.1 Å². The molecule has 4 heterocycles. The van der Waals surface area contributed by atoms with Crippen molar-refractivity contribution in [3.05, 3.63) is 107 Å². The number of piperidine rings is 2. The standard InChI is InChI=1S/C34H35N5O3/c40-32(27-13-17-35-21-29(27)25-7-2-1-3-8-25)37-19-15-34(42,16-20-37)22-38-23-36-31-28(33(38)41)14-18-39(31)30-12-6-10-24-9-4-5-11-26(24)30/h1-12,14,18,23,27,29,35,42H,13,15-17,19-22H2/t27-,29+/m1/s1. The average molecular weight is 562 g/mol. The lowest BCUT2D eigenvalue weighted by molar-refractivity contribution is -0.141. The molecule has 0 saturated carbocycles. The first-order chi connectivity index (χ1) is 20.5. The number of hydrogen-bond acceptors (Lipinski definition) is 5. The molecule has 2 N–H and O–H groups in total. The highest BCUT2D eigenvalue weighted by Gasteiger charge is 2.39. The average Bonchev–Trinajstić information content (AvgIpc) is 3.47. The third-order valence-electron chi connectivity index (χ3n) is 9.19. The fraction of sp³-hybridized carbons (Fsp3) is 0.324. The van der Waals surface area contributed by atoms with Gasteiger partial charge in [0.15, 0.2) is 5.65 Å². The van der Waals surface area contributed by atoms with Crippen molar-refractivity contribution in [2.75, 3.05) is 26.2 Å². The Morgan fingerprint density at radius 2 is 1.71 bits per heavy atom. The topological polar surface area (TPSA) is 92.4 Å². The lowest BCUT2D eigenvalue weighted by atomic mass is 9.80. The van der Waals surface area contributed by atoms with Crippen LogP contribution in [0.15, 0.2) is 96.2 Å². The van der Waals surface area contributed by atoms with Crippen molar-refractivity contribution in [2.45, 2.75) is 37.3 Å². The predicted octanol–water partition coefficient (Wildman–Crippen LogP) is 4.09. The van der Waals surface area contributed by atoms with E-state index >= 15 is 0 Å². The summed E-state index contributed by atoms with van der Waals surface area (Å²) in [6, 6.07) is 26.3. The van der Waals surface area contributed by atoms with Crippen LogP contribution in [0.5, 0.6) is 0 Å². The third-order valence-corrected chi connectivity index (χ3v) is 9.19. The highest BCUT2D eigenvalue weighted by molar-refractivity contribution is 5.92. The Bertz CT molecular complexity index is 1800. The molecule has 42 heavy (non-hydrogen) atoms. The molecule has 0 radical (unpaired) electrons. The molecule has 2 fully saturated rings. The van der Waals surface area contributed by atoms with Crippen molar-refractivity contribution in [1.82, 2.24) is 24.3 Å². The van der Waals surface area contributed by atoms with Crippen LogP contribution in [0.3, 0.4) is 0 Å². The maximum atomic E-state index is 13.7. The van der Waals surface area contributed by atoms with Gasteiger partial charge in [0.05, 0.1) is 23.2 Å². The minimum atomic E-state index is -1.08. The van der Waals surface area contributed by atoms with Crippen molar-refractivity contribution in [3.63, 3.8) is 0 Å². The monoisotopic (exact) mass is 561 g/mol. The highest BCUT2D eigenvalue weighted by atomic mass is 16.3. The fourth-order valence-corrected chi connectivity index (χ4v) is 6.84. The van der Waals surface area contributed by atoms with Crippen molar-refractivity contribution in [2.24, 2.45) is 5.92 Å². The van der Waals surface area contributed by atoms with Gasteiger partial charge in [0.2, 0.25) is 5.91 Å². The minimum Gasteiger partial charge on any atom is -0.388 e. The van der Waals surface area contributed by atoms with Gasteiger partial charge in [-0.25, -0.2) is 4.98 Å². The summed E-state index contributed by atoms with van der Waals surface area (Å²) in [6.07, 6.45) is 5.07. The molecular weight excluding hydrogens is 526 g/mol. The van der Waals surface area contributed by atoms with Gasteiger partial charge in [-0.2, -0.15) is 0 Å². The molecule has 8 heteroatoms. The number of likely N-dealkylation sites (tertiary alicyclic amines) is 1. The van der Waals surface area contributed by atoms with Crippen LogP contribution < -0.4 is 10.9 Å². The quantitative estimate of drug-likeness (QED) is 0.337.